The number of hydrogen-bond acceptors (Lipinski definition) is 6. The Hall–Kier alpha value is -2.88. The van der Waals surface area contributed by atoms with Crippen molar-refractivity contribution in [3.05, 3.63) is 60.0 Å². The first-order valence-electron chi connectivity index (χ1n) is 9.39. The zero-order valence-electron chi connectivity index (χ0n) is 16.2. The second-order valence-electron chi connectivity index (χ2n) is 7.26. The van der Waals surface area contributed by atoms with E-state index in [2.05, 4.69) is 20.4 Å². The number of anilines is 2. The molecular weight excluding hydrogens is 397 g/mol. The van der Waals surface area contributed by atoms with Crippen LogP contribution in [0.15, 0.2) is 48.7 Å². The topological polar surface area (TPSA) is 81.4 Å². The highest BCUT2D eigenvalue weighted by atomic mass is 19.3. The van der Waals surface area contributed by atoms with E-state index < -0.39 is 24.3 Å². The zero-order valence-corrected chi connectivity index (χ0v) is 16.2. The van der Waals surface area contributed by atoms with Crippen LogP contribution in [0.25, 0.3) is 10.9 Å². The third-order valence-electron chi connectivity index (χ3n) is 4.95. The molecular formula is C21H21F3N4O2. The predicted octanol–water partition coefficient (Wildman–Crippen LogP) is 3.84. The Morgan fingerprint density at radius 3 is 2.90 bits per heavy atom. The van der Waals surface area contributed by atoms with Gasteiger partial charge in [-0.05, 0) is 37.3 Å². The number of nitrogens with one attached hydrogen (secondary N) is 2. The smallest absolute Gasteiger partial charge is 0.387 e. The molecule has 0 spiro atoms. The largest absolute Gasteiger partial charge is 0.433 e. The minimum atomic E-state index is -2.92. The van der Waals surface area contributed by atoms with E-state index in [1.54, 1.807) is 37.3 Å². The fourth-order valence-electron chi connectivity index (χ4n) is 3.60. The van der Waals surface area contributed by atoms with Crippen LogP contribution < -0.4 is 21.1 Å². The summed E-state index contributed by atoms with van der Waals surface area (Å²) in [4.78, 5) is 4.24. The molecule has 158 valence electrons. The van der Waals surface area contributed by atoms with E-state index in [1.807, 2.05) is 0 Å². The van der Waals surface area contributed by atoms with Crippen LogP contribution in [-0.4, -0.2) is 30.9 Å². The van der Waals surface area contributed by atoms with Crippen LogP contribution in [0.4, 0.5) is 24.5 Å². The molecule has 2 heterocycles. The van der Waals surface area contributed by atoms with Crippen molar-refractivity contribution >= 4 is 22.3 Å². The SMILES string of the molecule is CC1(c2cc(Nc3cccc4cc(OC(F)F)cnc34)ccc2F)CNC[C@H](N)O1. The van der Waals surface area contributed by atoms with Gasteiger partial charge in [0.15, 0.2) is 0 Å². The summed E-state index contributed by atoms with van der Waals surface area (Å²) in [5, 5.41) is 6.99. The summed E-state index contributed by atoms with van der Waals surface area (Å²) < 4.78 is 49.7. The van der Waals surface area contributed by atoms with E-state index in [4.69, 9.17) is 10.5 Å². The molecule has 1 aliphatic rings. The third-order valence-corrected chi connectivity index (χ3v) is 4.95. The van der Waals surface area contributed by atoms with Crippen molar-refractivity contribution in [1.82, 2.24) is 10.3 Å². The van der Waals surface area contributed by atoms with Gasteiger partial charge in [-0.25, -0.2) is 4.39 Å². The van der Waals surface area contributed by atoms with E-state index in [-0.39, 0.29) is 5.75 Å². The summed E-state index contributed by atoms with van der Waals surface area (Å²) in [6, 6.07) is 11.4. The Morgan fingerprint density at radius 2 is 2.13 bits per heavy atom. The first-order chi connectivity index (χ1) is 14.3. The molecule has 2 aromatic carbocycles. The molecule has 1 unspecified atom stereocenters. The minimum absolute atomic E-state index is 0.0232. The van der Waals surface area contributed by atoms with Gasteiger partial charge in [-0.1, -0.05) is 12.1 Å². The van der Waals surface area contributed by atoms with Gasteiger partial charge in [0.2, 0.25) is 0 Å². The molecule has 0 saturated carbocycles. The number of pyridine rings is 1. The van der Waals surface area contributed by atoms with Gasteiger partial charge >= 0.3 is 6.61 Å². The Labute approximate surface area is 171 Å². The molecule has 0 aliphatic carbocycles. The highest BCUT2D eigenvalue weighted by Crippen LogP contribution is 2.34. The molecule has 0 amide bonds. The highest BCUT2D eigenvalue weighted by Gasteiger charge is 2.35. The lowest BCUT2D eigenvalue weighted by Crippen LogP contribution is -2.53. The van der Waals surface area contributed by atoms with Crippen LogP contribution in [0.2, 0.25) is 0 Å². The number of morpholine rings is 1. The van der Waals surface area contributed by atoms with Crippen LogP contribution >= 0.6 is 0 Å². The average Bonchev–Trinajstić information content (AvgIpc) is 2.69. The van der Waals surface area contributed by atoms with Crippen molar-refractivity contribution in [2.45, 2.75) is 25.4 Å². The van der Waals surface area contributed by atoms with Gasteiger partial charge in [0.05, 0.1) is 17.4 Å². The quantitative estimate of drug-likeness (QED) is 0.584. The van der Waals surface area contributed by atoms with Crippen molar-refractivity contribution in [3.8, 4) is 5.75 Å². The number of para-hydroxylation sites is 1. The summed E-state index contributed by atoms with van der Waals surface area (Å²) in [5.74, 6) is -0.422. The first kappa shape index (κ1) is 20.4. The Morgan fingerprint density at radius 1 is 1.30 bits per heavy atom. The maximum atomic E-state index is 14.6. The van der Waals surface area contributed by atoms with Crippen LogP contribution in [0, 0.1) is 5.82 Å². The number of halogens is 3. The van der Waals surface area contributed by atoms with Gasteiger partial charge in [-0.15, -0.1) is 0 Å². The Balaban J connectivity index is 1.65. The van der Waals surface area contributed by atoms with Crippen molar-refractivity contribution < 1.29 is 22.6 Å². The van der Waals surface area contributed by atoms with Gasteiger partial charge in [0.25, 0.3) is 0 Å². The van der Waals surface area contributed by atoms with Crippen molar-refractivity contribution in [2.75, 3.05) is 18.4 Å². The molecule has 1 aromatic heterocycles. The van der Waals surface area contributed by atoms with Crippen molar-refractivity contribution in [1.29, 1.82) is 0 Å². The number of aromatic nitrogens is 1. The van der Waals surface area contributed by atoms with Crippen LogP contribution in [0.1, 0.15) is 12.5 Å². The standard InChI is InChI=1S/C21H21F3N4O2/c1-21(11-26-10-18(25)30-21)15-8-13(5-6-16(15)22)28-17-4-2-3-12-7-14(29-20(23)24)9-27-19(12)17/h2-9,18,20,26,28H,10-11,25H2,1H3/t18-,21?/m1/s1. The van der Waals surface area contributed by atoms with E-state index in [0.717, 1.165) is 0 Å². The van der Waals surface area contributed by atoms with E-state index in [0.29, 0.717) is 40.9 Å². The van der Waals surface area contributed by atoms with Crippen LogP contribution in [-0.2, 0) is 10.3 Å². The lowest BCUT2D eigenvalue weighted by atomic mass is 9.93. The summed E-state index contributed by atoms with van der Waals surface area (Å²) in [7, 11) is 0. The number of fused-ring (bicyclic) bond motifs is 1. The number of nitrogens with zero attached hydrogens (tertiary/aromatic N) is 1. The van der Waals surface area contributed by atoms with E-state index in [1.165, 1.54) is 18.3 Å². The van der Waals surface area contributed by atoms with Gasteiger partial charge in [0.1, 0.15) is 23.4 Å². The lowest BCUT2D eigenvalue weighted by Gasteiger charge is -2.38. The monoisotopic (exact) mass is 418 g/mol. The highest BCUT2D eigenvalue weighted by molar-refractivity contribution is 5.92. The fraction of sp³-hybridized carbons (Fsp3) is 0.286. The molecule has 1 aliphatic heterocycles. The van der Waals surface area contributed by atoms with Crippen molar-refractivity contribution in [3.63, 3.8) is 0 Å². The molecule has 30 heavy (non-hydrogen) atoms. The zero-order chi connectivity index (χ0) is 21.3. The normalized spacial score (nSPS) is 21.7. The van der Waals surface area contributed by atoms with E-state index >= 15 is 0 Å². The van der Waals surface area contributed by atoms with Crippen LogP contribution in [0.5, 0.6) is 5.75 Å². The molecule has 3 aromatic rings. The van der Waals surface area contributed by atoms with E-state index in [9.17, 15) is 13.2 Å². The number of hydrogen-bond donors (Lipinski definition) is 3. The second-order valence-corrected chi connectivity index (χ2v) is 7.26. The number of benzene rings is 2. The number of nitrogens with two attached hydrogens (primary N) is 1. The maximum Gasteiger partial charge on any atom is 0.387 e. The third kappa shape index (κ3) is 4.18. The molecule has 2 atom stereocenters. The van der Waals surface area contributed by atoms with Gasteiger partial charge < -0.3 is 25.8 Å². The summed E-state index contributed by atoms with van der Waals surface area (Å²) in [6.45, 7) is -0.225. The summed E-state index contributed by atoms with van der Waals surface area (Å²) in [6.07, 6.45) is 0.700. The Kier molecular flexibility index (Phi) is 5.50. The maximum absolute atomic E-state index is 14.6. The molecule has 6 nitrogen and oxygen atoms in total. The second kappa shape index (κ2) is 8.10. The summed E-state index contributed by atoms with van der Waals surface area (Å²) in [5.41, 5.74) is 7.15. The molecule has 9 heteroatoms. The molecule has 1 saturated heterocycles. The van der Waals surface area contributed by atoms with Gasteiger partial charge in [0, 0.05) is 29.7 Å². The number of ether oxygens (including phenoxy) is 2. The van der Waals surface area contributed by atoms with Crippen LogP contribution in [0.3, 0.4) is 0 Å². The molecule has 0 radical (unpaired) electrons. The lowest BCUT2D eigenvalue weighted by molar-refractivity contribution is -0.109. The minimum Gasteiger partial charge on any atom is -0.433 e. The number of alkyl halides is 2. The first-order valence-corrected chi connectivity index (χ1v) is 9.39. The molecule has 4 rings (SSSR count). The number of rotatable bonds is 5. The molecule has 4 N–H and O–H groups in total. The average molecular weight is 418 g/mol. The van der Waals surface area contributed by atoms with Gasteiger partial charge in [-0.2, -0.15) is 8.78 Å². The van der Waals surface area contributed by atoms with Crippen molar-refractivity contribution in [2.24, 2.45) is 5.73 Å². The molecule has 1 fully saturated rings. The summed E-state index contributed by atoms with van der Waals surface area (Å²) >= 11 is 0. The Bertz CT molecular complexity index is 1070. The predicted molar refractivity (Wildman–Crippen MR) is 107 cm³/mol. The molecule has 0 bridgehead atoms. The van der Waals surface area contributed by atoms with Gasteiger partial charge in [-0.3, -0.25) is 4.98 Å². The fourth-order valence-corrected chi connectivity index (χ4v) is 3.60.